The van der Waals surface area contributed by atoms with Crippen LogP contribution in [0, 0.1) is 0 Å². The lowest BCUT2D eigenvalue weighted by molar-refractivity contribution is 0.0954. The maximum atomic E-state index is 12.2. The Morgan fingerprint density at radius 2 is 2.04 bits per heavy atom. The summed E-state index contributed by atoms with van der Waals surface area (Å²) in [6.07, 6.45) is 0.668. The number of fused-ring (bicyclic) bond motifs is 1. The molecule has 0 aliphatic rings. The van der Waals surface area contributed by atoms with Crippen LogP contribution in [-0.2, 0) is 13.0 Å². The summed E-state index contributed by atoms with van der Waals surface area (Å²) in [7, 11) is 0. The Balaban J connectivity index is 1.72. The van der Waals surface area contributed by atoms with E-state index in [0.29, 0.717) is 18.5 Å². The van der Waals surface area contributed by atoms with Gasteiger partial charge in [0.2, 0.25) is 0 Å². The molecule has 3 aromatic rings. The summed E-state index contributed by atoms with van der Waals surface area (Å²) in [6.45, 7) is 7.28. The van der Waals surface area contributed by atoms with Crippen molar-refractivity contribution < 1.29 is 4.79 Å². The first-order chi connectivity index (χ1) is 12.0. The maximum Gasteiger partial charge on any atom is 0.251 e. The molecule has 1 amide bonds. The van der Waals surface area contributed by atoms with Gasteiger partial charge < -0.3 is 9.88 Å². The van der Waals surface area contributed by atoms with Crippen molar-refractivity contribution in [2.24, 2.45) is 0 Å². The predicted molar refractivity (Wildman–Crippen MR) is 105 cm³/mol. The summed E-state index contributed by atoms with van der Waals surface area (Å²) in [5.41, 5.74) is 3.78. The van der Waals surface area contributed by atoms with Gasteiger partial charge in [0, 0.05) is 29.5 Å². The van der Waals surface area contributed by atoms with E-state index in [4.69, 9.17) is 4.98 Å². The number of carbonyl (C=O) groups excluding carboxylic acids is 1. The molecule has 0 aliphatic carbocycles. The highest BCUT2D eigenvalue weighted by Gasteiger charge is 2.11. The van der Waals surface area contributed by atoms with Crippen LogP contribution in [0.5, 0.6) is 0 Å². The molecule has 1 heterocycles. The molecule has 1 aromatic heterocycles. The van der Waals surface area contributed by atoms with Crippen LogP contribution in [0.15, 0.2) is 65.2 Å². The molecule has 128 valence electrons. The lowest BCUT2D eigenvalue weighted by Gasteiger charge is -2.10. The summed E-state index contributed by atoms with van der Waals surface area (Å²) < 4.78 is 3.06. The molecule has 0 spiro atoms. The first kappa shape index (κ1) is 17.4. The van der Waals surface area contributed by atoms with Crippen molar-refractivity contribution in [2.75, 3.05) is 6.54 Å². The minimum absolute atomic E-state index is 0.0798. The summed E-state index contributed by atoms with van der Waals surface area (Å²) in [4.78, 5) is 17.0. The Morgan fingerprint density at radius 1 is 1.24 bits per heavy atom. The van der Waals surface area contributed by atoms with E-state index in [1.54, 1.807) is 6.07 Å². The third-order valence-corrected chi connectivity index (χ3v) is 4.38. The number of amides is 1. The van der Waals surface area contributed by atoms with Crippen molar-refractivity contribution in [3.8, 4) is 0 Å². The van der Waals surface area contributed by atoms with E-state index in [2.05, 4.69) is 38.5 Å². The van der Waals surface area contributed by atoms with Gasteiger partial charge >= 0.3 is 0 Å². The third-order valence-electron chi connectivity index (χ3n) is 3.88. The molecule has 0 aliphatic heterocycles. The van der Waals surface area contributed by atoms with E-state index in [-0.39, 0.29) is 5.91 Å². The lowest BCUT2D eigenvalue weighted by atomic mass is 10.2. The zero-order chi connectivity index (χ0) is 17.8. The fraction of sp³-hybridized carbons (Fsp3) is 0.200. The minimum atomic E-state index is -0.0798. The van der Waals surface area contributed by atoms with Crippen LogP contribution in [0.1, 0.15) is 23.1 Å². The lowest BCUT2D eigenvalue weighted by Crippen LogP contribution is -2.26. The normalized spacial score (nSPS) is 10.8. The van der Waals surface area contributed by atoms with E-state index in [0.717, 1.165) is 33.4 Å². The van der Waals surface area contributed by atoms with E-state index in [1.165, 1.54) is 0 Å². The van der Waals surface area contributed by atoms with Crippen LogP contribution in [0.3, 0.4) is 0 Å². The van der Waals surface area contributed by atoms with Crippen molar-refractivity contribution in [3.63, 3.8) is 0 Å². The summed E-state index contributed by atoms with van der Waals surface area (Å²) in [6, 6.07) is 15.4. The molecule has 3 rings (SSSR count). The number of allylic oxidation sites excluding steroid dienone is 1. The highest BCUT2D eigenvalue weighted by atomic mass is 79.9. The van der Waals surface area contributed by atoms with Crippen molar-refractivity contribution in [1.82, 2.24) is 14.9 Å². The number of hydrogen-bond acceptors (Lipinski definition) is 2. The molecule has 0 bridgehead atoms. The topological polar surface area (TPSA) is 46.9 Å². The number of hydrogen-bond donors (Lipinski definition) is 1. The van der Waals surface area contributed by atoms with Crippen molar-refractivity contribution >= 4 is 32.9 Å². The van der Waals surface area contributed by atoms with Crippen molar-refractivity contribution in [1.29, 1.82) is 0 Å². The van der Waals surface area contributed by atoms with E-state index in [9.17, 15) is 4.79 Å². The number of carbonyl (C=O) groups is 1. The second kappa shape index (κ2) is 7.66. The Morgan fingerprint density at radius 3 is 2.80 bits per heavy atom. The van der Waals surface area contributed by atoms with Gasteiger partial charge in [-0.05, 0) is 37.3 Å². The first-order valence-corrected chi connectivity index (χ1v) is 8.96. The van der Waals surface area contributed by atoms with Gasteiger partial charge in [-0.15, -0.1) is 0 Å². The molecule has 5 heteroatoms. The van der Waals surface area contributed by atoms with Gasteiger partial charge in [-0.1, -0.05) is 46.3 Å². The Bertz CT molecular complexity index is 930. The molecule has 0 fully saturated rings. The molecule has 1 N–H and O–H groups in total. The molecular weight excluding hydrogens is 378 g/mol. The molecule has 4 nitrogen and oxygen atoms in total. The van der Waals surface area contributed by atoms with Crippen LogP contribution in [-0.4, -0.2) is 22.0 Å². The summed E-state index contributed by atoms with van der Waals surface area (Å²) in [5, 5.41) is 2.96. The zero-order valence-corrected chi connectivity index (χ0v) is 15.7. The Kier molecular flexibility index (Phi) is 5.34. The summed E-state index contributed by atoms with van der Waals surface area (Å²) >= 11 is 3.39. The second-order valence-corrected chi connectivity index (χ2v) is 6.99. The SMILES string of the molecule is C=C(C)Cn1c(CCNC(=O)c2cccc(Br)c2)nc2ccccc21. The van der Waals surface area contributed by atoms with Crippen LogP contribution < -0.4 is 5.32 Å². The summed E-state index contributed by atoms with van der Waals surface area (Å²) in [5.74, 6) is 0.877. The highest BCUT2D eigenvalue weighted by Crippen LogP contribution is 2.18. The van der Waals surface area contributed by atoms with Crippen molar-refractivity contribution in [2.45, 2.75) is 19.9 Å². The fourth-order valence-electron chi connectivity index (χ4n) is 2.78. The van der Waals surface area contributed by atoms with E-state index >= 15 is 0 Å². The van der Waals surface area contributed by atoms with Gasteiger partial charge in [-0.25, -0.2) is 4.98 Å². The molecular formula is C20H20BrN3O. The van der Waals surface area contributed by atoms with Crippen molar-refractivity contribution in [3.05, 3.63) is 76.5 Å². The number of imidazole rings is 1. The average Bonchev–Trinajstić information content (AvgIpc) is 2.92. The second-order valence-electron chi connectivity index (χ2n) is 6.08. The number of rotatable bonds is 6. The smallest absolute Gasteiger partial charge is 0.251 e. The quantitative estimate of drug-likeness (QED) is 0.628. The number of aromatic nitrogens is 2. The number of nitrogens with zero attached hydrogens (tertiary/aromatic N) is 2. The standard InChI is InChI=1S/C20H20BrN3O/c1-14(2)13-24-18-9-4-3-8-17(18)23-19(24)10-11-22-20(25)15-6-5-7-16(21)12-15/h3-9,12H,1,10-11,13H2,2H3,(H,22,25). The molecule has 0 saturated carbocycles. The molecule has 0 atom stereocenters. The van der Waals surface area contributed by atoms with E-state index < -0.39 is 0 Å². The molecule has 25 heavy (non-hydrogen) atoms. The van der Waals surface area contributed by atoms with E-state index in [1.807, 2.05) is 43.3 Å². The van der Waals surface area contributed by atoms with Gasteiger partial charge in [0.15, 0.2) is 0 Å². The zero-order valence-electron chi connectivity index (χ0n) is 14.1. The minimum Gasteiger partial charge on any atom is -0.352 e. The van der Waals surface area contributed by atoms with Gasteiger partial charge in [-0.3, -0.25) is 4.79 Å². The average molecular weight is 398 g/mol. The number of para-hydroxylation sites is 2. The molecule has 2 aromatic carbocycles. The molecule has 0 unspecified atom stereocenters. The predicted octanol–water partition coefficient (Wildman–Crippen LogP) is 4.35. The van der Waals surface area contributed by atoms with Crippen LogP contribution in [0.25, 0.3) is 11.0 Å². The van der Waals surface area contributed by atoms with Gasteiger partial charge in [-0.2, -0.15) is 0 Å². The Labute approximate surface area is 155 Å². The number of benzene rings is 2. The van der Waals surface area contributed by atoms with Crippen LogP contribution >= 0.6 is 15.9 Å². The van der Waals surface area contributed by atoms with Gasteiger partial charge in [0.05, 0.1) is 11.0 Å². The fourth-order valence-corrected chi connectivity index (χ4v) is 3.18. The number of halogens is 1. The van der Waals surface area contributed by atoms with Crippen LogP contribution in [0.4, 0.5) is 0 Å². The molecule has 0 radical (unpaired) electrons. The maximum absolute atomic E-state index is 12.2. The van der Waals surface area contributed by atoms with Gasteiger partial charge in [0.1, 0.15) is 5.82 Å². The third kappa shape index (κ3) is 4.17. The largest absolute Gasteiger partial charge is 0.352 e. The van der Waals surface area contributed by atoms with Crippen LogP contribution in [0.2, 0.25) is 0 Å². The Hall–Kier alpha value is -2.40. The highest BCUT2D eigenvalue weighted by molar-refractivity contribution is 9.10. The molecule has 0 saturated heterocycles. The first-order valence-electron chi connectivity index (χ1n) is 8.17. The van der Waals surface area contributed by atoms with Gasteiger partial charge in [0.25, 0.3) is 5.91 Å². The monoisotopic (exact) mass is 397 g/mol. The number of nitrogens with one attached hydrogen (secondary N) is 1.